The summed E-state index contributed by atoms with van der Waals surface area (Å²) in [5.74, 6) is 0.607. The topological polar surface area (TPSA) is 25.2 Å². The second-order valence-electron chi connectivity index (χ2n) is 4.17. The zero-order chi connectivity index (χ0) is 11.1. The molecular weight excluding hydrogens is 273 g/mol. The molecule has 1 heterocycles. The third kappa shape index (κ3) is 1.99. The second kappa shape index (κ2) is 3.86. The average Bonchev–Trinajstić information content (AvgIpc) is 2.96. The Hall–Kier alpha value is -0.870. The van der Waals surface area contributed by atoms with Gasteiger partial charge in [0.05, 0.1) is 11.0 Å². The van der Waals surface area contributed by atoms with Crippen molar-refractivity contribution in [2.75, 3.05) is 0 Å². The first-order chi connectivity index (χ1) is 7.72. The first-order valence-electron chi connectivity index (χ1n) is 5.33. The van der Waals surface area contributed by atoms with E-state index in [1.54, 1.807) is 0 Å². The van der Waals surface area contributed by atoms with Gasteiger partial charge in [-0.2, -0.15) is 0 Å². The highest BCUT2D eigenvalue weighted by Gasteiger charge is 2.20. The number of hydrogen-bond donors (Lipinski definition) is 1. The SMILES string of the molecule is Fc1cc(Br)c2oc(CNC3CC3)cc2c1. The lowest BCUT2D eigenvalue weighted by molar-refractivity contribution is 0.511. The van der Waals surface area contributed by atoms with Crippen LogP contribution < -0.4 is 5.32 Å². The molecule has 2 aromatic rings. The summed E-state index contributed by atoms with van der Waals surface area (Å²) in [5, 5.41) is 4.17. The first kappa shape index (κ1) is 10.3. The summed E-state index contributed by atoms with van der Waals surface area (Å²) >= 11 is 3.30. The Morgan fingerprint density at radius 2 is 2.19 bits per heavy atom. The van der Waals surface area contributed by atoms with E-state index < -0.39 is 0 Å². The molecular formula is C12H11BrFNO. The molecule has 2 nitrogen and oxygen atoms in total. The number of fused-ring (bicyclic) bond motifs is 1. The van der Waals surface area contributed by atoms with Gasteiger partial charge in [-0.1, -0.05) is 0 Å². The number of benzene rings is 1. The Bertz CT molecular complexity index is 533. The van der Waals surface area contributed by atoms with Crippen LogP contribution in [0.5, 0.6) is 0 Å². The van der Waals surface area contributed by atoms with Crippen LogP contribution in [0.2, 0.25) is 0 Å². The van der Waals surface area contributed by atoms with Gasteiger partial charge < -0.3 is 9.73 Å². The standard InChI is InChI=1S/C12H11BrFNO/c13-11-5-8(14)3-7-4-10(16-12(7)11)6-15-9-1-2-9/h3-5,9,15H,1-2,6H2. The fourth-order valence-electron chi connectivity index (χ4n) is 1.75. The van der Waals surface area contributed by atoms with E-state index in [9.17, 15) is 4.39 Å². The molecule has 1 saturated carbocycles. The molecule has 84 valence electrons. The van der Waals surface area contributed by atoms with E-state index in [1.165, 1.54) is 25.0 Å². The molecule has 1 aromatic carbocycles. The molecule has 0 bridgehead atoms. The summed E-state index contributed by atoms with van der Waals surface area (Å²) in [7, 11) is 0. The van der Waals surface area contributed by atoms with Gasteiger partial charge in [0.2, 0.25) is 0 Å². The quantitative estimate of drug-likeness (QED) is 0.931. The molecule has 1 fully saturated rings. The normalized spacial score (nSPS) is 15.9. The van der Waals surface area contributed by atoms with Crippen LogP contribution in [0, 0.1) is 5.82 Å². The molecule has 0 unspecified atom stereocenters. The first-order valence-corrected chi connectivity index (χ1v) is 6.12. The number of furan rings is 1. The summed E-state index contributed by atoms with van der Waals surface area (Å²) in [6.07, 6.45) is 2.50. The van der Waals surface area contributed by atoms with Gasteiger partial charge in [0.15, 0.2) is 0 Å². The van der Waals surface area contributed by atoms with Crippen LogP contribution in [0.25, 0.3) is 11.0 Å². The van der Waals surface area contributed by atoms with Gasteiger partial charge in [0, 0.05) is 11.4 Å². The molecule has 0 aliphatic heterocycles. The molecule has 0 spiro atoms. The summed E-state index contributed by atoms with van der Waals surface area (Å²) < 4.78 is 19.5. The van der Waals surface area contributed by atoms with Crippen LogP contribution >= 0.6 is 15.9 Å². The van der Waals surface area contributed by atoms with Crippen LogP contribution in [-0.4, -0.2) is 6.04 Å². The van der Waals surface area contributed by atoms with Gasteiger partial charge in [-0.3, -0.25) is 0 Å². The fraction of sp³-hybridized carbons (Fsp3) is 0.333. The minimum Gasteiger partial charge on any atom is -0.459 e. The number of nitrogens with one attached hydrogen (secondary N) is 1. The van der Waals surface area contributed by atoms with Crippen molar-refractivity contribution in [3.63, 3.8) is 0 Å². The van der Waals surface area contributed by atoms with Crippen molar-refractivity contribution in [1.82, 2.24) is 5.32 Å². The van der Waals surface area contributed by atoms with Gasteiger partial charge >= 0.3 is 0 Å². The van der Waals surface area contributed by atoms with Crippen molar-refractivity contribution in [3.8, 4) is 0 Å². The lowest BCUT2D eigenvalue weighted by atomic mass is 10.2. The predicted octanol–water partition coefficient (Wildman–Crippen LogP) is 3.59. The minimum atomic E-state index is -0.248. The van der Waals surface area contributed by atoms with Crippen molar-refractivity contribution >= 4 is 26.9 Å². The van der Waals surface area contributed by atoms with E-state index >= 15 is 0 Å². The van der Waals surface area contributed by atoms with Crippen molar-refractivity contribution < 1.29 is 8.81 Å². The molecule has 1 N–H and O–H groups in total. The zero-order valence-corrected chi connectivity index (χ0v) is 10.2. The Kier molecular flexibility index (Phi) is 2.48. The third-order valence-electron chi connectivity index (χ3n) is 2.73. The number of rotatable bonds is 3. The second-order valence-corrected chi connectivity index (χ2v) is 5.03. The highest BCUT2D eigenvalue weighted by Crippen LogP contribution is 2.29. The highest BCUT2D eigenvalue weighted by molar-refractivity contribution is 9.10. The van der Waals surface area contributed by atoms with E-state index in [0.717, 1.165) is 11.1 Å². The number of hydrogen-bond acceptors (Lipinski definition) is 2. The Morgan fingerprint density at radius 1 is 1.38 bits per heavy atom. The zero-order valence-electron chi connectivity index (χ0n) is 8.59. The van der Waals surface area contributed by atoms with Crippen molar-refractivity contribution in [1.29, 1.82) is 0 Å². The predicted molar refractivity (Wildman–Crippen MR) is 63.7 cm³/mol. The lowest BCUT2D eigenvalue weighted by Crippen LogP contribution is -2.14. The molecule has 4 heteroatoms. The van der Waals surface area contributed by atoms with Gasteiger partial charge in [-0.05, 0) is 47.0 Å². The molecule has 0 atom stereocenters. The van der Waals surface area contributed by atoms with Crippen molar-refractivity contribution in [3.05, 3.63) is 34.2 Å². The smallest absolute Gasteiger partial charge is 0.148 e. The summed E-state index contributed by atoms with van der Waals surface area (Å²) in [6, 6.07) is 5.44. The molecule has 1 aliphatic carbocycles. The van der Waals surface area contributed by atoms with Gasteiger partial charge in [-0.15, -0.1) is 0 Å². The fourth-order valence-corrected chi connectivity index (χ4v) is 2.28. The molecule has 16 heavy (non-hydrogen) atoms. The molecule has 0 amide bonds. The van der Waals surface area contributed by atoms with Crippen LogP contribution in [0.4, 0.5) is 4.39 Å². The summed E-state index contributed by atoms with van der Waals surface area (Å²) in [4.78, 5) is 0. The van der Waals surface area contributed by atoms with Gasteiger partial charge in [-0.25, -0.2) is 4.39 Å². The molecule has 0 radical (unpaired) electrons. The lowest BCUT2D eigenvalue weighted by Gasteiger charge is -1.97. The molecule has 1 aliphatic rings. The third-order valence-corrected chi connectivity index (χ3v) is 3.32. The Balaban J connectivity index is 1.91. The summed E-state index contributed by atoms with van der Waals surface area (Å²) in [6.45, 7) is 0.716. The molecule has 1 aromatic heterocycles. The minimum absolute atomic E-state index is 0.248. The maximum Gasteiger partial charge on any atom is 0.148 e. The van der Waals surface area contributed by atoms with E-state index in [1.807, 2.05) is 6.07 Å². The monoisotopic (exact) mass is 283 g/mol. The van der Waals surface area contributed by atoms with Crippen molar-refractivity contribution in [2.24, 2.45) is 0 Å². The number of halogens is 2. The summed E-state index contributed by atoms with van der Waals surface area (Å²) in [5.41, 5.74) is 0.717. The Labute approximate surface area is 101 Å². The van der Waals surface area contributed by atoms with Crippen LogP contribution in [0.3, 0.4) is 0 Å². The van der Waals surface area contributed by atoms with Crippen LogP contribution in [0.15, 0.2) is 27.1 Å². The molecule has 0 saturated heterocycles. The largest absolute Gasteiger partial charge is 0.459 e. The Morgan fingerprint density at radius 3 is 2.94 bits per heavy atom. The average molecular weight is 284 g/mol. The highest BCUT2D eigenvalue weighted by atomic mass is 79.9. The maximum absolute atomic E-state index is 13.1. The van der Waals surface area contributed by atoms with E-state index in [4.69, 9.17) is 4.42 Å². The van der Waals surface area contributed by atoms with Crippen LogP contribution in [0.1, 0.15) is 18.6 Å². The van der Waals surface area contributed by atoms with E-state index in [-0.39, 0.29) is 5.82 Å². The maximum atomic E-state index is 13.1. The van der Waals surface area contributed by atoms with E-state index in [2.05, 4.69) is 21.2 Å². The van der Waals surface area contributed by atoms with Gasteiger partial charge in [0.1, 0.15) is 17.2 Å². The van der Waals surface area contributed by atoms with E-state index in [0.29, 0.717) is 22.6 Å². The van der Waals surface area contributed by atoms with Crippen LogP contribution in [-0.2, 0) is 6.54 Å². The molecule has 3 rings (SSSR count). The van der Waals surface area contributed by atoms with Crippen molar-refractivity contribution in [2.45, 2.75) is 25.4 Å². The van der Waals surface area contributed by atoms with Gasteiger partial charge in [0.25, 0.3) is 0 Å².